The number of hydrogen-bond donors (Lipinski definition) is 1. The Morgan fingerprint density at radius 2 is 1.80 bits per heavy atom. The molecule has 5 heteroatoms. The molecule has 2 aromatic rings. The smallest absolute Gasteiger partial charge is 0.123 e. The van der Waals surface area contributed by atoms with Gasteiger partial charge >= 0.3 is 0 Å². The normalized spacial score (nSPS) is 16.9. The molecule has 20 heavy (non-hydrogen) atoms. The molecule has 0 saturated heterocycles. The first-order valence-electron chi connectivity index (χ1n) is 6.61. The van der Waals surface area contributed by atoms with Gasteiger partial charge in [0, 0.05) is 10.4 Å². The van der Waals surface area contributed by atoms with Gasteiger partial charge in [0.25, 0.3) is 0 Å². The van der Waals surface area contributed by atoms with Gasteiger partial charge in [0.05, 0.1) is 11.2 Å². The molecule has 0 radical (unpaired) electrons. The van der Waals surface area contributed by atoms with Crippen LogP contribution in [0.5, 0.6) is 0 Å². The summed E-state index contributed by atoms with van der Waals surface area (Å²) in [5.74, 6) is -0.219. The standard InChI is InChI=1S/C15H17FN2S.ClH/c1-10-13(11-4-6-12(16)7-5-11)18-14(19-10)15(17)8-2-3-9-15;/h4-7H,2-3,8-9,17H2,1H3;1H. The average molecular weight is 313 g/mol. The van der Waals surface area contributed by atoms with Crippen molar-refractivity contribution < 1.29 is 4.39 Å². The third-order valence-corrected chi connectivity index (χ3v) is 5.03. The molecular weight excluding hydrogens is 295 g/mol. The molecule has 2 nitrogen and oxygen atoms in total. The number of hydrogen-bond acceptors (Lipinski definition) is 3. The van der Waals surface area contributed by atoms with Gasteiger partial charge in [0.2, 0.25) is 0 Å². The van der Waals surface area contributed by atoms with Crippen molar-refractivity contribution in [2.24, 2.45) is 5.73 Å². The third-order valence-electron chi connectivity index (χ3n) is 3.84. The van der Waals surface area contributed by atoms with Crippen LogP contribution in [0.2, 0.25) is 0 Å². The Hall–Kier alpha value is -0.970. The Kier molecular flexibility index (Phi) is 4.47. The lowest BCUT2D eigenvalue weighted by molar-refractivity contribution is 0.459. The Labute approximate surface area is 128 Å². The summed E-state index contributed by atoms with van der Waals surface area (Å²) in [6, 6.07) is 6.50. The molecule has 1 heterocycles. The van der Waals surface area contributed by atoms with Gasteiger partial charge in [0.1, 0.15) is 10.8 Å². The molecule has 0 unspecified atom stereocenters. The van der Waals surface area contributed by atoms with Crippen molar-refractivity contribution in [2.75, 3.05) is 0 Å². The third kappa shape index (κ3) is 2.73. The van der Waals surface area contributed by atoms with Crippen LogP contribution in [0.3, 0.4) is 0 Å². The van der Waals surface area contributed by atoms with Crippen LogP contribution in [-0.2, 0) is 5.54 Å². The van der Waals surface area contributed by atoms with E-state index in [0.717, 1.165) is 34.0 Å². The van der Waals surface area contributed by atoms with Crippen LogP contribution in [0.4, 0.5) is 4.39 Å². The zero-order chi connectivity index (χ0) is 13.5. The summed E-state index contributed by atoms with van der Waals surface area (Å²) in [5, 5.41) is 1.03. The summed E-state index contributed by atoms with van der Waals surface area (Å²) in [5.41, 5.74) is 8.11. The van der Waals surface area contributed by atoms with Gasteiger partial charge in [-0.2, -0.15) is 0 Å². The molecule has 0 spiro atoms. The molecule has 1 fully saturated rings. The molecule has 0 amide bonds. The fraction of sp³-hybridized carbons (Fsp3) is 0.400. The second-order valence-corrected chi connectivity index (χ2v) is 6.50. The van der Waals surface area contributed by atoms with E-state index >= 15 is 0 Å². The molecule has 3 rings (SSSR count). The molecule has 1 aliphatic rings. The molecule has 0 bridgehead atoms. The zero-order valence-electron chi connectivity index (χ0n) is 11.4. The van der Waals surface area contributed by atoms with E-state index in [1.807, 2.05) is 0 Å². The first-order valence-corrected chi connectivity index (χ1v) is 7.43. The Bertz CT molecular complexity index is 588. The fourth-order valence-corrected chi connectivity index (χ4v) is 3.80. The molecule has 1 saturated carbocycles. The maximum absolute atomic E-state index is 13.0. The van der Waals surface area contributed by atoms with Crippen LogP contribution in [0.15, 0.2) is 24.3 Å². The van der Waals surface area contributed by atoms with Crippen LogP contribution in [0.1, 0.15) is 35.6 Å². The first kappa shape index (κ1) is 15.4. The maximum atomic E-state index is 13.0. The molecule has 0 aliphatic heterocycles. The number of nitrogens with two attached hydrogens (primary N) is 1. The predicted molar refractivity (Wildman–Crippen MR) is 83.8 cm³/mol. The molecule has 1 aromatic heterocycles. The van der Waals surface area contributed by atoms with Crippen LogP contribution in [0, 0.1) is 12.7 Å². The van der Waals surface area contributed by atoms with E-state index in [2.05, 4.69) is 6.92 Å². The number of halogens is 2. The summed E-state index contributed by atoms with van der Waals surface area (Å²) in [4.78, 5) is 5.89. The molecule has 2 N–H and O–H groups in total. The van der Waals surface area contributed by atoms with Crippen molar-refractivity contribution in [3.8, 4) is 11.3 Å². The van der Waals surface area contributed by atoms with Crippen molar-refractivity contribution >= 4 is 23.7 Å². The van der Waals surface area contributed by atoms with E-state index in [9.17, 15) is 4.39 Å². The van der Waals surface area contributed by atoms with Gasteiger partial charge in [-0.3, -0.25) is 0 Å². The molecule has 108 valence electrons. The summed E-state index contributed by atoms with van der Waals surface area (Å²) in [7, 11) is 0. The Balaban J connectivity index is 0.00000147. The van der Waals surface area contributed by atoms with Gasteiger partial charge in [-0.25, -0.2) is 9.37 Å². The molecule has 1 aliphatic carbocycles. The molecule has 1 aromatic carbocycles. The summed E-state index contributed by atoms with van der Waals surface area (Å²) in [6.07, 6.45) is 4.40. The first-order chi connectivity index (χ1) is 9.08. The van der Waals surface area contributed by atoms with E-state index in [1.165, 1.54) is 25.0 Å². The van der Waals surface area contributed by atoms with E-state index in [4.69, 9.17) is 10.7 Å². The number of benzene rings is 1. The van der Waals surface area contributed by atoms with Crippen molar-refractivity contribution in [3.05, 3.63) is 40.0 Å². The lowest BCUT2D eigenvalue weighted by Crippen LogP contribution is -2.32. The minimum absolute atomic E-state index is 0. The topological polar surface area (TPSA) is 38.9 Å². The van der Waals surface area contributed by atoms with Gasteiger partial charge in [-0.05, 0) is 44.0 Å². The second kappa shape index (κ2) is 5.80. The minimum atomic E-state index is -0.242. The number of nitrogens with zero attached hydrogens (tertiary/aromatic N) is 1. The summed E-state index contributed by atoms with van der Waals surface area (Å²) >= 11 is 1.68. The van der Waals surface area contributed by atoms with Crippen LogP contribution >= 0.6 is 23.7 Å². The van der Waals surface area contributed by atoms with E-state index < -0.39 is 0 Å². The van der Waals surface area contributed by atoms with E-state index in [0.29, 0.717) is 0 Å². The van der Waals surface area contributed by atoms with E-state index in [-0.39, 0.29) is 23.8 Å². The fourth-order valence-electron chi connectivity index (χ4n) is 2.70. The number of aromatic nitrogens is 1. The zero-order valence-corrected chi connectivity index (χ0v) is 13.0. The van der Waals surface area contributed by atoms with Gasteiger partial charge < -0.3 is 5.73 Å². The lowest BCUT2D eigenvalue weighted by Gasteiger charge is -2.19. The van der Waals surface area contributed by atoms with Gasteiger partial charge in [-0.15, -0.1) is 23.7 Å². The quantitative estimate of drug-likeness (QED) is 0.892. The number of thiazole rings is 1. The van der Waals surface area contributed by atoms with Crippen molar-refractivity contribution in [1.29, 1.82) is 0 Å². The second-order valence-electron chi connectivity index (χ2n) is 5.29. The Morgan fingerprint density at radius 1 is 1.20 bits per heavy atom. The number of rotatable bonds is 2. The molecular formula is C15H18ClFN2S. The van der Waals surface area contributed by atoms with Crippen LogP contribution in [0.25, 0.3) is 11.3 Å². The summed E-state index contributed by atoms with van der Waals surface area (Å²) < 4.78 is 13.0. The van der Waals surface area contributed by atoms with Crippen molar-refractivity contribution in [2.45, 2.75) is 38.1 Å². The number of aryl methyl sites for hydroxylation is 1. The highest BCUT2D eigenvalue weighted by Crippen LogP contribution is 2.40. The highest BCUT2D eigenvalue weighted by atomic mass is 35.5. The SMILES string of the molecule is Cc1sc(C2(N)CCCC2)nc1-c1ccc(F)cc1.Cl. The van der Waals surface area contributed by atoms with Crippen LogP contribution in [-0.4, -0.2) is 4.98 Å². The van der Waals surface area contributed by atoms with E-state index in [1.54, 1.807) is 23.5 Å². The van der Waals surface area contributed by atoms with Crippen LogP contribution < -0.4 is 5.73 Å². The highest BCUT2D eigenvalue weighted by Gasteiger charge is 2.34. The van der Waals surface area contributed by atoms with Crippen molar-refractivity contribution in [3.63, 3.8) is 0 Å². The maximum Gasteiger partial charge on any atom is 0.123 e. The van der Waals surface area contributed by atoms with Gasteiger partial charge in [0.15, 0.2) is 0 Å². The average Bonchev–Trinajstić information content (AvgIpc) is 2.98. The molecule has 0 atom stereocenters. The Morgan fingerprint density at radius 3 is 2.40 bits per heavy atom. The lowest BCUT2D eigenvalue weighted by atomic mass is 10.0. The summed E-state index contributed by atoms with van der Waals surface area (Å²) in [6.45, 7) is 2.05. The monoisotopic (exact) mass is 312 g/mol. The predicted octanol–water partition coefficient (Wildman–Crippen LogP) is 4.41. The van der Waals surface area contributed by atoms with Gasteiger partial charge in [-0.1, -0.05) is 12.8 Å². The largest absolute Gasteiger partial charge is 0.319 e. The van der Waals surface area contributed by atoms with Crippen molar-refractivity contribution in [1.82, 2.24) is 4.98 Å². The highest BCUT2D eigenvalue weighted by molar-refractivity contribution is 7.12. The minimum Gasteiger partial charge on any atom is -0.319 e.